The molecule has 0 saturated heterocycles. The molecule has 1 heterocycles. The molecule has 2 rings (SSSR count). The minimum atomic E-state index is -0.471. The quantitative estimate of drug-likeness (QED) is 0.832. The molecule has 0 spiro atoms. The van der Waals surface area contributed by atoms with Crippen molar-refractivity contribution in [3.05, 3.63) is 30.2 Å². The number of primary amides is 1. The summed E-state index contributed by atoms with van der Waals surface area (Å²) >= 11 is 0. The van der Waals surface area contributed by atoms with E-state index in [-0.39, 0.29) is 6.42 Å². The van der Waals surface area contributed by atoms with Gasteiger partial charge in [0.1, 0.15) is 17.8 Å². The van der Waals surface area contributed by atoms with Gasteiger partial charge in [-0.3, -0.25) is 4.79 Å². The van der Waals surface area contributed by atoms with Crippen molar-refractivity contribution in [2.75, 3.05) is 7.11 Å². The molecule has 1 aromatic rings. The van der Waals surface area contributed by atoms with Crippen LogP contribution in [0.1, 0.15) is 6.42 Å². The first-order valence-corrected chi connectivity index (χ1v) is 4.69. The minimum absolute atomic E-state index is 0.0106. The van der Waals surface area contributed by atoms with Gasteiger partial charge in [-0.2, -0.15) is 0 Å². The van der Waals surface area contributed by atoms with Crippen LogP contribution in [-0.4, -0.2) is 13.0 Å². The number of carbonyl (C=O) groups is 1. The summed E-state index contributed by atoms with van der Waals surface area (Å²) in [6.45, 7) is 0. The number of amides is 1. The van der Waals surface area contributed by atoms with Crippen molar-refractivity contribution in [1.82, 2.24) is 0 Å². The number of benzene rings is 1. The fourth-order valence-corrected chi connectivity index (χ4v) is 1.34. The Morgan fingerprint density at radius 2 is 2.25 bits per heavy atom. The molecular formula is C11H11NO4. The summed E-state index contributed by atoms with van der Waals surface area (Å²) in [5.41, 5.74) is 5.06. The van der Waals surface area contributed by atoms with E-state index < -0.39 is 5.91 Å². The summed E-state index contributed by atoms with van der Waals surface area (Å²) in [6.07, 6.45) is 1.39. The molecule has 5 heteroatoms. The van der Waals surface area contributed by atoms with Gasteiger partial charge >= 0.3 is 0 Å². The highest BCUT2D eigenvalue weighted by Gasteiger charge is 2.16. The van der Waals surface area contributed by atoms with Gasteiger partial charge in [0.15, 0.2) is 11.5 Å². The smallest absolute Gasteiger partial charge is 0.225 e. The molecule has 0 atom stereocenters. The van der Waals surface area contributed by atoms with Gasteiger partial charge in [-0.1, -0.05) is 0 Å². The molecule has 1 aliphatic rings. The monoisotopic (exact) mass is 221 g/mol. The van der Waals surface area contributed by atoms with Crippen molar-refractivity contribution in [2.45, 2.75) is 6.42 Å². The van der Waals surface area contributed by atoms with Gasteiger partial charge in [0.2, 0.25) is 5.91 Å². The van der Waals surface area contributed by atoms with Gasteiger partial charge in [0.25, 0.3) is 0 Å². The Bertz CT molecular complexity index is 453. The van der Waals surface area contributed by atoms with Crippen LogP contribution in [0.4, 0.5) is 0 Å². The van der Waals surface area contributed by atoms with E-state index in [0.29, 0.717) is 23.0 Å². The van der Waals surface area contributed by atoms with E-state index in [9.17, 15) is 4.79 Å². The largest absolute Gasteiger partial charge is 0.497 e. The third-order valence-corrected chi connectivity index (χ3v) is 2.06. The molecule has 84 valence electrons. The van der Waals surface area contributed by atoms with Crippen LogP contribution in [0.15, 0.2) is 30.2 Å². The van der Waals surface area contributed by atoms with Crippen molar-refractivity contribution in [3.63, 3.8) is 0 Å². The summed E-state index contributed by atoms with van der Waals surface area (Å²) in [4.78, 5) is 10.7. The summed E-state index contributed by atoms with van der Waals surface area (Å²) in [7, 11) is 1.56. The number of fused-ring (bicyclic) bond motifs is 1. The van der Waals surface area contributed by atoms with E-state index in [1.54, 1.807) is 25.3 Å². The van der Waals surface area contributed by atoms with E-state index in [1.807, 2.05) is 0 Å². The van der Waals surface area contributed by atoms with E-state index in [4.69, 9.17) is 19.9 Å². The first kappa shape index (κ1) is 10.4. The van der Waals surface area contributed by atoms with Crippen LogP contribution in [0, 0.1) is 0 Å². The molecule has 2 N–H and O–H groups in total. The summed E-state index contributed by atoms with van der Waals surface area (Å²) in [5, 5.41) is 0. The Kier molecular flexibility index (Phi) is 2.68. The van der Waals surface area contributed by atoms with Gasteiger partial charge in [-0.05, 0) is 12.1 Å². The fourth-order valence-electron chi connectivity index (χ4n) is 1.34. The maximum Gasteiger partial charge on any atom is 0.225 e. The zero-order chi connectivity index (χ0) is 11.5. The summed E-state index contributed by atoms with van der Waals surface area (Å²) < 4.78 is 15.8. The highest BCUT2D eigenvalue weighted by atomic mass is 16.6. The van der Waals surface area contributed by atoms with Crippen LogP contribution in [0.5, 0.6) is 17.2 Å². The molecule has 1 amide bonds. The van der Waals surface area contributed by atoms with Crippen LogP contribution >= 0.6 is 0 Å². The lowest BCUT2D eigenvalue weighted by Gasteiger charge is -2.17. The number of methoxy groups -OCH3 is 1. The Labute approximate surface area is 92.4 Å². The van der Waals surface area contributed by atoms with E-state index in [1.165, 1.54) is 6.26 Å². The molecule has 0 unspecified atom stereocenters. The summed E-state index contributed by atoms with van der Waals surface area (Å²) in [5.74, 6) is 1.66. The second-order valence-corrected chi connectivity index (χ2v) is 3.26. The molecule has 5 nitrogen and oxygen atoms in total. The lowest BCUT2D eigenvalue weighted by molar-refractivity contribution is -0.117. The van der Waals surface area contributed by atoms with E-state index in [2.05, 4.69) is 0 Å². The first-order chi connectivity index (χ1) is 7.69. The standard InChI is InChI=1S/C11H11NO4/c1-14-7-2-3-9-10(4-7)16-8(6-15-9)5-11(12)13/h2-4,6H,5H2,1H3,(H2,12,13). The van der Waals surface area contributed by atoms with Crippen LogP contribution in [-0.2, 0) is 4.79 Å². The Hall–Kier alpha value is -2.17. The maximum absolute atomic E-state index is 10.7. The van der Waals surface area contributed by atoms with Crippen molar-refractivity contribution in [3.8, 4) is 17.2 Å². The average molecular weight is 221 g/mol. The predicted octanol–water partition coefficient (Wildman–Crippen LogP) is 1.18. The second-order valence-electron chi connectivity index (χ2n) is 3.26. The van der Waals surface area contributed by atoms with E-state index in [0.717, 1.165) is 0 Å². The molecule has 1 aromatic carbocycles. The number of hydrogen-bond donors (Lipinski definition) is 1. The highest BCUT2D eigenvalue weighted by molar-refractivity contribution is 5.76. The van der Waals surface area contributed by atoms with Crippen molar-refractivity contribution < 1.29 is 19.0 Å². The summed E-state index contributed by atoms with van der Waals surface area (Å²) in [6, 6.07) is 5.17. The van der Waals surface area contributed by atoms with Gasteiger partial charge in [-0.25, -0.2) is 0 Å². The van der Waals surface area contributed by atoms with Crippen molar-refractivity contribution in [2.24, 2.45) is 5.73 Å². The minimum Gasteiger partial charge on any atom is -0.497 e. The molecule has 1 aliphatic heterocycles. The third-order valence-electron chi connectivity index (χ3n) is 2.06. The van der Waals surface area contributed by atoms with Gasteiger partial charge in [-0.15, -0.1) is 0 Å². The first-order valence-electron chi connectivity index (χ1n) is 4.69. The fraction of sp³-hybridized carbons (Fsp3) is 0.182. The van der Waals surface area contributed by atoms with Crippen molar-refractivity contribution in [1.29, 1.82) is 0 Å². The van der Waals surface area contributed by atoms with Crippen LogP contribution in [0.25, 0.3) is 0 Å². The van der Waals surface area contributed by atoms with Crippen LogP contribution in [0.2, 0.25) is 0 Å². The average Bonchev–Trinajstić information content (AvgIpc) is 2.27. The van der Waals surface area contributed by atoms with Crippen LogP contribution in [0.3, 0.4) is 0 Å². The number of nitrogens with two attached hydrogens (primary N) is 1. The molecule has 0 fully saturated rings. The Morgan fingerprint density at radius 3 is 2.94 bits per heavy atom. The Balaban J connectivity index is 2.20. The molecular weight excluding hydrogens is 210 g/mol. The number of carbonyl (C=O) groups excluding carboxylic acids is 1. The normalized spacial score (nSPS) is 12.9. The molecule has 0 radical (unpaired) electrons. The van der Waals surface area contributed by atoms with Gasteiger partial charge in [0, 0.05) is 6.07 Å². The molecule has 0 bridgehead atoms. The van der Waals surface area contributed by atoms with Gasteiger partial charge < -0.3 is 19.9 Å². The topological polar surface area (TPSA) is 70.8 Å². The second kappa shape index (κ2) is 4.14. The Morgan fingerprint density at radius 1 is 1.44 bits per heavy atom. The molecule has 0 saturated carbocycles. The predicted molar refractivity (Wildman–Crippen MR) is 56.1 cm³/mol. The van der Waals surface area contributed by atoms with Crippen LogP contribution < -0.4 is 19.9 Å². The molecule has 0 aromatic heterocycles. The number of ether oxygens (including phenoxy) is 3. The molecule has 0 aliphatic carbocycles. The highest BCUT2D eigenvalue weighted by Crippen LogP contribution is 2.36. The maximum atomic E-state index is 10.7. The number of hydrogen-bond acceptors (Lipinski definition) is 4. The van der Waals surface area contributed by atoms with Gasteiger partial charge in [0.05, 0.1) is 13.5 Å². The molecule has 16 heavy (non-hydrogen) atoms. The van der Waals surface area contributed by atoms with E-state index >= 15 is 0 Å². The zero-order valence-electron chi connectivity index (χ0n) is 8.73. The third kappa shape index (κ3) is 2.08. The van der Waals surface area contributed by atoms with Crippen molar-refractivity contribution >= 4 is 5.91 Å². The zero-order valence-corrected chi connectivity index (χ0v) is 8.73. The lowest BCUT2D eigenvalue weighted by atomic mass is 10.2. The number of rotatable bonds is 3. The SMILES string of the molecule is COc1ccc2c(c1)OC(CC(N)=O)=CO2. The lowest BCUT2D eigenvalue weighted by Crippen LogP contribution is -2.15.